The van der Waals surface area contributed by atoms with Crippen molar-refractivity contribution in [3.8, 4) is 0 Å². The fourth-order valence-corrected chi connectivity index (χ4v) is 12.4. The molecule has 0 bridgehead atoms. The summed E-state index contributed by atoms with van der Waals surface area (Å²) >= 11 is 0. The van der Waals surface area contributed by atoms with Gasteiger partial charge in [-0.2, -0.15) is 0 Å². The maximum atomic E-state index is 14.5. The first-order chi connectivity index (χ1) is 20.4. The van der Waals surface area contributed by atoms with E-state index in [0.717, 1.165) is 0 Å². The quantitative estimate of drug-likeness (QED) is 0.222. The van der Waals surface area contributed by atoms with Gasteiger partial charge < -0.3 is 39.0 Å². The zero-order chi connectivity index (χ0) is 31.8. The van der Waals surface area contributed by atoms with E-state index in [-0.39, 0.29) is 30.1 Å². The van der Waals surface area contributed by atoms with Crippen LogP contribution in [0, 0.1) is 57.7 Å². The highest BCUT2D eigenvalue weighted by molar-refractivity contribution is 5.85. The molecular weight excluding hydrogens is 576 g/mol. The van der Waals surface area contributed by atoms with Gasteiger partial charge in [-0.25, -0.2) is 4.79 Å². The van der Waals surface area contributed by atoms with Gasteiger partial charge in [0.05, 0.1) is 23.7 Å². The van der Waals surface area contributed by atoms with Crippen LogP contribution in [0.5, 0.6) is 0 Å². The fraction of sp³-hybridized carbons (Fsp3) is 0.875. The monoisotopic (exact) mass is 618 g/mol. The van der Waals surface area contributed by atoms with Crippen LogP contribution in [-0.2, 0) is 42.9 Å². The first kappa shape index (κ1) is 29.3. The van der Waals surface area contributed by atoms with E-state index in [1.54, 1.807) is 6.92 Å². The zero-order valence-electron chi connectivity index (χ0n) is 26.0. The average molecular weight is 619 g/mol. The molecule has 5 aliphatic carbocycles. The molecule has 3 saturated heterocycles. The number of carbonyl (C=O) groups excluding carboxylic acids is 4. The highest BCUT2D eigenvalue weighted by Crippen LogP contribution is 2.80. The second kappa shape index (κ2) is 8.23. The number of aliphatic hydroxyl groups is 3. The number of rotatable bonds is 2. The molecule has 8 rings (SSSR count). The number of fused-ring (bicyclic) bond motifs is 9. The molecule has 0 aromatic carbocycles. The molecule has 3 N–H and O–H groups in total. The third-order valence-electron chi connectivity index (χ3n) is 14.4. The summed E-state index contributed by atoms with van der Waals surface area (Å²) in [6.07, 6.45) is -4.93. The summed E-state index contributed by atoms with van der Waals surface area (Å²) in [5.74, 6) is -8.19. The van der Waals surface area contributed by atoms with Crippen molar-refractivity contribution in [2.45, 2.75) is 115 Å². The van der Waals surface area contributed by atoms with Gasteiger partial charge in [-0.05, 0) is 38.0 Å². The molecule has 1 spiro atoms. The third-order valence-corrected chi connectivity index (χ3v) is 14.4. The van der Waals surface area contributed by atoms with Gasteiger partial charge in [0.1, 0.15) is 30.2 Å². The Morgan fingerprint density at radius 2 is 1.59 bits per heavy atom. The van der Waals surface area contributed by atoms with Crippen molar-refractivity contribution in [2.24, 2.45) is 57.7 Å². The van der Waals surface area contributed by atoms with Crippen LogP contribution in [0.15, 0.2) is 0 Å². The Morgan fingerprint density at radius 3 is 2.23 bits per heavy atom. The lowest BCUT2D eigenvalue weighted by molar-refractivity contribution is -0.257. The second-order valence-electron chi connectivity index (χ2n) is 15.9. The molecule has 19 atom stereocenters. The van der Waals surface area contributed by atoms with Crippen LogP contribution >= 0.6 is 0 Å². The molecule has 8 fully saturated rings. The molecule has 8 aliphatic rings. The molecule has 0 radical (unpaired) electrons. The molecule has 2 unspecified atom stereocenters. The highest BCUT2D eigenvalue weighted by Gasteiger charge is 2.93. The number of esters is 3. The maximum Gasteiger partial charge on any atom is 0.341 e. The standard InChI is InChI=1S/C32H42O12/c1-10-17-20(30(6)31(7,39)27(38)44-32(30)25(10)43-32)21(36)18-16-14(35)8-13-9-15-22(42-15)24(37)28(13,4)19(16)23(40-11(2)33)26(29(17,18)5)41-12(3)34/h10,13,15-26,36-37,39H,8-9H2,1-7H3/t10-,13-,15-,16?,17-,18+,19?,20-,21+,22-,23-,24-,25+,26-,28-,29+,30-,31+,32-/m0/s1. The first-order valence-electron chi connectivity index (χ1n) is 15.9. The Labute approximate surface area is 255 Å². The summed E-state index contributed by atoms with van der Waals surface area (Å²) < 4.78 is 30.0. The zero-order valence-corrected chi connectivity index (χ0v) is 26.0. The van der Waals surface area contributed by atoms with Crippen LogP contribution in [0.2, 0.25) is 0 Å². The number of Topliss-reactive ketones (excluding diaryl/α,β-unsaturated/α-hetero) is 1. The number of hydrogen-bond donors (Lipinski definition) is 3. The number of ether oxygens (including phenoxy) is 5. The minimum Gasteiger partial charge on any atom is -0.458 e. The Kier molecular flexibility index (Phi) is 5.48. The van der Waals surface area contributed by atoms with Crippen molar-refractivity contribution in [1.82, 2.24) is 0 Å². The van der Waals surface area contributed by atoms with Gasteiger partial charge in [-0.1, -0.05) is 20.8 Å². The van der Waals surface area contributed by atoms with E-state index in [2.05, 4.69) is 0 Å². The van der Waals surface area contributed by atoms with E-state index >= 15 is 0 Å². The summed E-state index contributed by atoms with van der Waals surface area (Å²) in [5.41, 5.74) is -5.60. The van der Waals surface area contributed by atoms with Gasteiger partial charge in [0.25, 0.3) is 0 Å². The molecule has 242 valence electrons. The van der Waals surface area contributed by atoms with E-state index in [1.807, 2.05) is 20.8 Å². The minimum atomic E-state index is -2.03. The Morgan fingerprint density at radius 1 is 0.932 bits per heavy atom. The lowest BCUT2D eigenvalue weighted by Gasteiger charge is -2.64. The number of aliphatic hydroxyl groups excluding tert-OH is 2. The fourth-order valence-electron chi connectivity index (χ4n) is 12.4. The molecule has 3 heterocycles. The molecule has 12 nitrogen and oxygen atoms in total. The third kappa shape index (κ3) is 2.91. The van der Waals surface area contributed by atoms with Gasteiger partial charge in [-0.15, -0.1) is 0 Å². The lowest BCUT2D eigenvalue weighted by Crippen LogP contribution is -2.72. The Balaban J connectivity index is 1.36. The smallest absolute Gasteiger partial charge is 0.341 e. The van der Waals surface area contributed by atoms with E-state index in [0.29, 0.717) is 6.42 Å². The number of ketones is 1. The van der Waals surface area contributed by atoms with Crippen molar-refractivity contribution >= 4 is 23.7 Å². The topological polar surface area (TPSA) is 182 Å². The van der Waals surface area contributed by atoms with E-state index in [9.17, 15) is 34.5 Å². The van der Waals surface area contributed by atoms with Crippen LogP contribution in [0.25, 0.3) is 0 Å². The summed E-state index contributed by atoms with van der Waals surface area (Å²) in [6.45, 7) is 11.3. The first-order valence-corrected chi connectivity index (χ1v) is 15.9. The van der Waals surface area contributed by atoms with Crippen molar-refractivity contribution in [3.05, 3.63) is 0 Å². The molecule has 0 aromatic rings. The van der Waals surface area contributed by atoms with Gasteiger partial charge in [0, 0.05) is 54.8 Å². The Bertz CT molecular complexity index is 1390. The molecule has 3 aliphatic heterocycles. The number of carbonyl (C=O) groups is 4. The van der Waals surface area contributed by atoms with Gasteiger partial charge in [0.2, 0.25) is 5.79 Å². The minimum absolute atomic E-state index is 0.115. The predicted octanol–water partition coefficient (Wildman–Crippen LogP) is 0.511. The molecule has 0 aromatic heterocycles. The van der Waals surface area contributed by atoms with E-state index in [4.69, 9.17) is 23.7 Å². The van der Waals surface area contributed by atoms with Crippen LogP contribution in [0.3, 0.4) is 0 Å². The largest absolute Gasteiger partial charge is 0.458 e. The van der Waals surface area contributed by atoms with Gasteiger partial charge in [-0.3, -0.25) is 14.4 Å². The van der Waals surface area contributed by atoms with Crippen molar-refractivity contribution in [3.63, 3.8) is 0 Å². The summed E-state index contributed by atoms with van der Waals surface area (Å²) in [4.78, 5) is 53.3. The Hall–Kier alpha value is -2.12. The average Bonchev–Trinajstić information content (AvgIpc) is 3.82. The highest BCUT2D eigenvalue weighted by atomic mass is 16.8. The van der Waals surface area contributed by atoms with Crippen LogP contribution < -0.4 is 0 Å². The molecule has 0 amide bonds. The summed E-state index contributed by atoms with van der Waals surface area (Å²) in [5, 5.41) is 36.2. The van der Waals surface area contributed by atoms with Crippen molar-refractivity contribution in [2.75, 3.05) is 0 Å². The van der Waals surface area contributed by atoms with Crippen molar-refractivity contribution < 1.29 is 58.2 Å². The molecule has 5 saturated carbocycles. The van der Waals surface area contributed by atoms with Gasteiger partial charge >= 0.3 is 17.9 Å². The number of hydrogen-bond acceptors (Lipinski definition) is 12. The molecule has 12 heteroatoms. The van der Waals surface area contributed by atoms with Crippen LogP contribution in [0.1, 0.15) is 61.3 Å². The van der Waals surface area contributed by atoms with E-state index < -0.39 is 112 Å². The predicted molar refractivity (Wildman–Crippen MR) is 145 cm³/mol. The lowest BCUT2D eigenvalue weighted by atomic mass is 9.41. The van der Waals surface area contributed by atoms with Gasteiger partial charge in [0.15, 0.2) is 5.60 Å². The SMILES string of the molecule is CC(=O)O[C@H]1C2C(C(=O)C[C@H]3C[C@@H]4O[C@@H]4[C@H](O)[C@]23C)[C@@H]2[C@@H](O)[C@@H]3[C@H]([C@H](C)[C@H]4O[C@]45OC(=O)[C@@](C)(O)[C@]35C)[C@@]2(C)[C@H]1OC(C)=O. The maximum absolute atomic E-state index is 14.5. The van der Waals surface area contributed by atoms with Crippen LogP contribution in [0.4, 0.5) is 0 Å². The van der Waals surface area contributed by atoms with E-state index in [1.165, 1.54) is 20.8 Å². The summed E-state index contributed by atoms with van der Waals surface area (Å²) in [7, 11) is 0. The normalized spacial score (nSPS) is 62.4. The molecular formula is C32H42O12. The summed E-state index contributed by atoms with van der Waals surface area (Å²) in [6, 6.07) is 0. The van der Waals surface area contributed by atoms with Crippen LogP contribution in [-0.4, -0.2) is 93.1 Å². The molecule has 44 heavy (non-hydrogen) atoms. The number of epoxide rings is 2. The van der Waals surface area contributed by atoms with Crippen molar-refractivity contribution in [1.29, 1.82) is 0 Å². The second-order valence-corrected chi connectivity index (χ2v) is 15.9.